The molecular formula is C20H18F3N5O3. The molecule has 0 saturated carbocycles. The van der Waals surface area contributed by atoms with Gasteiger partial charge >= 0.3 is 6.18 Å². The molecule has 0 unspecified atom stereocenters. The first-order valence-electron chi connectivity index (χ1n) is 8.97. The number of amides is 2. The summed E-state index contributed by atoms with van der Waals surface area (Å²) in [5, 5.41) is 12.6. The molecule has 8 nitrogen and oxygen atoms in total. The number of halogens is 3. The van der Waals surface area contributed by atoms with Crippen molar-refractivity contribution in [2.75, 3.05) is 17.7 Å². The first-order valence-corrected chi connectivity index (χ1v) is 8.97. The number of ether oxygens (including phenoxy) is 1. The molecule has 0 saturated heterocycles. The molecule has 3 aromatic rings. The van der Waals surface area contributed by atoms with Crippen LogP contribution in [-0.4, -0.2) is 33.9 Å². The number of benzene rings is 2. The van der Waals surface area contributed by atoms with Gasteiger partial charge in [0.2, 0.25) is 5.91 Å². The molecule has 1 heterocycles. The Bertz CT molecular complexity index is 1140. The van der Waals surface area contributed by atoms with E-state index in [2.05, 4.69) is 20.9 Å². The number of rotatable bonds is 5. The van der Waals surface area contributed by atoms with Gasteiger partial charge in [-0.25, -0.2) is 4.68 Å². The van der Waals surface area contributed by atoms with Crippen LogP contribution < -0.4 is 15.4 Å². The van der Waals surface area contributed by atoms with Crippen LogP contribution in [0.3, 0.4) is 0 Å². The van der Waals surface area contributed by atoms with Crippen LogP contribution in [-0.2, 0) is 11.0 Å². The lowest BCUT2D eigenvalue weighted by Crippen LogP contribution is -2.18. The number of nitrogens with zero attached hydrogens (tertiary/aromatic N) is 3. The van der Waals surface area contributed by atoms with Crippen LogP contribution in [0.2, 0.25) is 0 Å². The summed E-state index contributed by atoms with van der Waals surface area (Å²) in [4.78, 5) is 24.1. The smallest absolute Gasteiger partial charge is 0.416 e. The summed E-state index contributed by atoms with van der Waals surface area (Å²) in [7, 11) is 1.51. The lowest BCUT2D eigenvalue weighted by Gasteiger charge is -2.14. The number of hydrogen-bond acceptors (Lipinski definition) is 5. The molecule has 0 aliphatic rings. The van der Waals surface area contributed by atoms with Crippen molar-refractivity contribution in [3.8, 4) is 11.4 Å². The van der Waals surface area contributed by atoms with E-state index in [0.717, 1.165) is 18.2 Å². The predicted molar refractivity (Wildman–Crippen MR) is 106 cm³/mol. The summed E-state index contributed by atoms with van der Waals surface area (Å²) < 4.78 is 45.9. The third-order valence-electron chi connectivity index (χ3n) is 4.31. The quantitative estimate of drug-likeness (QED) is 0.638. The van der Waals surface area contributed by atoms with E-state index < -0.39 is 23.6 Å². The number of carbonyl (C=O) groups is 2. The van der Waals surface area contributed by atoms with E-state index in [1.165, 1.54) is 18.7 Å². The Kier molecular flexibility index (Phi) is 5.95. The number of nitrogens with one attached hydrogen (secondary N) is 2. The molecule has 11 heteroatoms. The summed E-state index contributed by atoms with van der Waals surface area (Å²) in [5.74, 6) is -0.713. The second kappa shape index (κ2) is 8.46. The van der Waals surface area contributed by atoms with Crippen molar-refractivity contribution in [1.82, 2.24) is 15.0 Å². The fraction of sp³-hybridized carbons (Fsp3) is 0.200. The maximum atomic E-state index is 13.1. The third kappa shape index (κ3) is 4.82. The van der Waals surface area contributed by atoms with E-state index in [1.54, 1.807) is 31.2 Å². The van der Waals surface area contributed by atoms with Gasteiger partial charge in [0.05, 0.1) is 35.4 Å². The summed E-state index contributed by atoms with van der Waals surface area (Å²) >= 11 is 0. The van der Waals surface area contributed by atoms with E-state index in [0.29, 0.717) is 17.1 Å². The molecule has 0 fully saturated rings. The molecule has 3 rings (SSSR count). The van der Waals surface area contributed by atoms with Crippen LogP contribution in [0.5, 0.6) is 5.75 Å². The maximum Gasteiger partial charge on any atom is 0.416 e. The van der Waals surface area contributed by atoms with Gasteiger partial charge in [0, 0.05) is 13.0 Å². The number of methoxy groups -OCH3 is 1. The van der Waals surface area contributed by atoms with E-state index in [9.17, 15) is 22.8 Å². The van der Waals surface area contributed by atoms with Gasteiger partial charge < -0.3 is 15.4 Å². The van der Waals surface area contributed by atoms with Crippen molar-refractivity contribution in [2.45, 2.75) is 20.0 Å². The van der Waals surface area contributed by atoms with Gasteiger partial charge in [-0.3, -0.25) is 9.59 Å². The van der Waals surface area contributed by atoms with Gasteiger partial charge in [-0.2, -0.15) is 13.2 Å². The Labute approximate surface area is 175 Å². The molecule has 2 N–H and O–H groups in total. The minimum Gasteiger partial charge on any atom is -0.497 e. The normalized spacial score (nSPS) is 11.2. The van der Waals surface area contributed by atoms with E-state index in [-0.39, 0.29) is 17.1 Å². The number of hydrogen-bond donors (Lipinski definition) is 2. The number of aromatic nitrogens is 3. The Morgan fingerprint density at radius 1 is 1.06 bits per heavy atom. The van der Waals surface area contributed by atoms with Crippen molar-refractivity contribution in [3.05, 3.63) is 59.4 Å². The van der Waals surface area contributed by atoms with Crippen LogP contribution in [0.4, 0.5) is 24.5 Å². The minimum atomic E-state index is -4.63. The molecule has 0 radical (unpaired) electrons. The van der Waals surface area contributed by atoms with Gasteiger partial charge in [0.25, 0.3) is 5.91 Å². The number of alkyl halides is 3. The van der Waals surface area contributed by atoms with Crippen molar-refractivity contribution in [3.63, 3.8) is 0 Å². The van der Waals surface area contributed by atoms with Crippen LogP contribution in [0.15, 0.2) is 42.5 Å². The molecule has 0 aliphatic heterocycles. The molecule has 0 spiro atoms. The largest absolute Gasteiger partial charge is 0.497 e. The standard InChI is InChI=1S/C20H18F3N5O3/c1-11-18(26-27-28(11)14-5-4-6-15(10-14)31-3)19(30)25-17-9-13(20(21,22)23)7-8-16(17)24-12(2)29/h4-10H,1-3H3,(H,24,29)(H,25,30). The first kappa shape index (κ1) is 21.8. The molecule has 31 heavy (non-hydrogen) atoms. The number of carbonyl (C=O) groups excluding carboxylic acids is 2. The van der Waals surface area contributed by atoms with E-state index in [1.807, 2.05) is 0 Å². The van der Waals surface area contributed by atoms with Crippen LogP contribution in [0.25, 0.3) is 5.69 Å². The van der Waals surface area contributed by atoms with Crippen LogP contribution in [0.1, 0.15) is 28.7 Å². The van der Waals surface area contributed by atoms with Crippen molar-refractivity contribution in [2.24, 2.45) is 0 Å². The van der Waals surface area contributed by atoms with Crippen LogP contribution in [0, 0.1) is 6.92 Å². The molecule has 0 aliphatic carbocycles. The summed E-state index contributed by atoms with van der Waals surface area (Å²) in [6, 6.07) is 9.51. The molecule has 162 valence electrons. The maximum absolute atomic E-state index is 13.1. The van der Waals surface area contributed by atoms with Gasteiger partial charge in [-0.05, 0) is 37.3 Å². The lowest BCUT2D eigenvalue weighted by atomic mass is 10.1. The molecule has 2 amide bonds. The lowest BCUT2D eigenvalue weighted by molar-refractivity contribution is -0.137. The highest BCUT2D eigenvalue weighted by molar-refractivity contribution is 6.06. The Morgan fingerprint density at radius 2 is 1.81 bits per heavy atom. The highest BCUT2D eigenvalue weighted by Gasteiger charge is 2.31. The summed E-state index contributed by atoms with van der Waals surface area (Å²) in [5.41, 5.74) is -0.320. The zero-order valence-corrected chi connectivity index (χ0v) is 16.7. The summed E-state index contributed by atoms with van der Waals surface area (Å²) in [6.07, 6.45) is -4.63. The zero-order chi connectivity index (χ0) is 22.8. The van der Waals surface area contributed by atoms with Gasteiger partial charge in [0.1, 0.15) is 5.75 Å². The molecular weight excluding hydrogens is 415 g/mol. The third-order valence-corrected chi connectivity index (χ3v) is 4.31. The van der Waals surface area contributed by atoms with Crippen molar-refractivity contribution >= 4 is 23.2 Å². The Balaban J connectivity index is 1.94. The van der Waals surface area contributed by atoms with Gasteiger partial charge in [-0.1, -0.05) is 11.3 Å². The molecule has 1 aromatic heterocycles. The minimum absolute atomic E-state index is 0.0201. The highest BCUT2D eigenvalue weighted by Crippen LogP contribution is 2.34. The first-order chi connectivity index (χ1) is 14.6. The van der Waals surface area contributed by atoms with Crippen molar-refractivity contribution in [1.29, 1.82) is 0 Å². The number of anilines is 2. The SMILES string of the molecule is COc1cccc(-n2nnc(C(=O)Nc3cc(C(F)(F)F)ccc3NC(C)=O)c2C)c1. The monoisotopic (exact) mass is 433 g/mol. The fourth-order valence-corrected chi connectivity index (χ4v) is 2.83. The average molecular weight is 433 g/mol. The van der Waals surface area contributed by atoms with E-state index in [4.69, 9.17) is 4.74 Å². The Morgan fingerprint density at radius 3 is 2.45 bits per heavy atom. The second-order valence-corrected chi connectivity index (χ2v) is 6.53. The average Bonchev–Trinajstić information content (AvgIpc) is 3.09. The van der Waals surface area contributed by atoms with Gasteiger partial charge in [-0.15, -0.1) is 5.10 Å². The van der Waals surface area contributed by atoms with E-state index >= 15 is 0 Å². The molecule has 0 atom stereocenters. The van der Waals surface area contributed by atoms with Crippen LogP contribution >= 0.6 is 0 Å². The zero-order valence-electron chi connectivity index (χ0n) is 16.7. The topological polar surface area (TPSA) is 98.1 Å². The fourth-order valence-electron chi connectivity index (χ4n) is 2.83. The summed E-state index contributed by atoms with van der Waals surface area (Å²) in [6.45, 7) is 2.79. The van der Waals surface area contributed by atoms with Crippen molar-refractivity contribution < 1.29 is 27.5 Å². The molecule has 0 bridgehead atoms. The highest BCUT2D eigenvalue weighted by atomic mass is 19.4. The Hall–Kier alpha value is -3.89. The predicted octanol–water partition coefficient (Wildman–Crippen LogP) is 3.81. The molecule has 2 aromatic carbocycles. The second-order valence-electron chi connectivity index (χ2n) is 6.53. The van der Waals surface area contributed by atoms with Gasteiger partial charge in [0.15, 0.2) is 5.69 Å².